The quantitative estimate of drug-likeness (QED) is 0.930. The first-order valence-electron chi connectivity index (χ1n) is 5.71. The highest BCUT2D eigenvalue weighted by Gasteiger charge is 2.24. The molecule has 1 aliphatic heterocycles. The fourth-order valence-corrected chi connectivity index (χ4v) is 2.35. The number of hydrogen-bond donors (Lipinski definition) is 1. The Morgan fingerprint density at radius 3 is 3.18 bits per heavy atom. The van der Waals surface area contributed by atoms with Crippen molar-refractivity contribution >= 4 is 21.8 Å². The molecule has 1 fully saturated rings. The van der Waals surface area contributed by atoms with Gasteiger partial charge in [-0.3, -0.25) is 4.79 Å². The topological polar surface area (TPSA) is 51.2 Å². The van der Waals surface area contributed by atoms with Crippen LogP contribution in [-0.2, 0) is 4.74 Å². The molecule has 0 bridgehead atoms. The number of rotatable bonds is 3. The lowest BCUT2D eigenvalue weighted by atomic mass is 10.1. The Kier molecular flexibility index (Phi) is 4.12. The summed E-state index contributed by atoms with van der Waals surface area (Å²) < 4.78 is 6.24. The van der Waals surface area contributed by atoms with Crippen molar-refractivity contribution in [2.45, 2.75) is 31.9 Å². The number of aromatic nitrogens is 1. The second-order valence-electron chi connectivity index (χ2n) is 4.15. The molecule has 0 aromatic carbocycles. The van der Waals surface area contributed by atoms with Crippen LogP contribution in [0.4, 0.5) is 0 Å². The number of pyridine rings is 1. The molecular weight excluding hydrogens is 284 g/mol. The van der Waals surface area contributed by atoms with Gasteiger partial charge in [0.1, 0.15) is 5.69 Å². The van der Waals surface area contributed by atoms with Gasteiger partial charge in [0.15, 0.2) is 0 Å². The summed E-state index contributed by atoms with van der Waals surface area (Å²) >= 11 is 3.32. The summed E-state index contributed by atoms with van der Waals surface area (Å²) in [6, 6.07) is 3.60. The van der Waals surface area contributed by atoms with Crippen molar-refractivity contribution < 1.29 is 9.53 Å². The monoisotopic (exact) mass is 298 g/mol. The number of carbonyl (C=O) groups excluding carboxylic acids is 1. The molecule has 1 aromatic rings. The third kappa shape index (κ3) is 3.04. The number of nitrogens with zero attached hydrogens (tertiary/aromatic N) is 1. The van der Waals surface area contributed by atoms with Crippen LogP contribution in [-0.4, -0.2) is 29.6 Å². The second-order valence-corrected chi connectivity index (χ2v) is 5.00. The van der Waals surface area contributed by atoms with Gasteiger partial charge in [-0.1, -0.05) is 0 Å². The third-order valence-electron chi connectivity index (χ3n) is 2.85. The van der Waals surface area contributed by atoms with E-state index in [9.17, 15) is 4.79 Å². The number of ether oxygens (including phenoxy) is 1. The highest BCUT2D eigenvalue weighted by Crippen LogP contribution is 2.17. The SMILES string of the molecule is CC(NC(=O)c1ncccc1Br)C1CCCO1. The van der Waals surface area contributed by atoms with Crippen molar-refractivity contribution in [3.05, 3.63) is 28.5 Å². The lowest BCUT2D eigenvalue weighted by Crippen LogP contribution is -2.41. The minimum atomic E-state index is -0.166. The van der Waals surface area contributed by atoms with Crippen LogP contribution in [0.3, 0.4) is 0 Å². The van der Waals surface area contributed by atoms with Crippen LogP contribution in [0.1, 0.15) is 30.3 Å². The van der Waals surface area contributed by atoms with Gasteiger partial charge in [-0.05, 0) is 47.8 Å². The zero-order valence-electron chi connectivity index (χ0n) is 9.65. The van der Waals surface area contributed by atoms with Crippen LogP contribution in [0.15, 0.2) is 22.8 Å². The molecule has 2 atom stereocenters. The molecule has 2 unspecified atom stereocenters. The van der Waals surface area contributed by atoms with Crippen LogP contribution in [0.2, 0.25) is 0 Å². The van der Waals surface area contributed by atoms with Gasteiger partial charge in [-0.15, -0.1) is 0 Å². The van der Waals surface area contributed by atoms with Crippen molar-refractivity contribution in [2.24, 2.45) is 0 Å². The predicted octanol–water partition coefficient (Wildman–Crippen LogP) is 2.14. The van der Waals surface area contributed by atoms with Gasteiger partial charge in [0.05, 0.1) is 12.1 Å². The molecule has 1 amide bonds. The summed E-state index contributed by atoms with van der Waals surface area (Å²) in [6.45, 7) is 2.75. The van der Waals surface area contributed by atoms with Gasteiger partial charge in [0.25, 0.3) is 5.91 Å². The number of amides is 1. The lowest BCUT2D eigenvalue weighted by Gasteiger charge is -2.19. The van der Waals surface area contributed by atoms with E-state index in [1.165, 1.54) is 0 Å². The molecule has 1 aromatic heterocycles. The van der Waals surface area contributed by atoms with E-state index in [-0.39, 0.29) is 18.1 Å². The third-order valence-corrected chi connectivity index (χ3v) is 3.49. The molecule has 2 heterocycles. The van der Waals surface area contributed by atoms with Crippen LogP contribution in [0.25, 0.3) is 0 Å². The molecule has 0 radical (unpaired) electrons. The molecule has 2 rings (SSSR count). The smallest absolute Gasteiger partial charge is 0.271 e. The zero-order valence-corrected chi connectivity index (χ0v) is 11.2. The number of hydrogen-bond acceptors (Lipinski definition) is 3. The minimum Gasteiger partial charge on any atom is -0.376 e. The van der Waals surface area contributed by atoms with Gasteiger partial charge in [-0.25, -0.2) is 4.98 Å². The Labute approximate surface area is 109 Å². The maximum atomic E-state index is 12.0. The van der Waals surface area contributed by atoms with Gasteiger partial charge < -0.3 is 10.1 Å². The van der Waals surface area contributed by atoms with E-state index in [2.05, 4.69) is 26.2 Å². The molecule has 0 aliphatic carbocycles. The highest BCUT2D eigenvalue weighted by atomic mass is 79.9. The molecule has 92 valence electrons. The lowest BCUT2D eigenvalue weighted by molar-refractivity contribution is 0.0709. The predicted molar refractivity (Wildman–Crippen MR) is 67.8 cm³/mol. The first-order chi connectivity index (χ1) is 8.18. The molecular formula is C12H15BrN2O2. The summed E-state index contributed by atoms with van der Waals surface area (Å²) in [7, 11) is 0. The number of carbonyl (C=O) groups is 1. The molecule has 1 saturated heterocycles. The summed E-state index contributed by atoms with van der Waals surface area (Å²) in [5.74, 6) is -0.166. The fourth-order valence-electron chi connectivity index (χ4n) is 1.92. The normalized spacial score (nSPS) is 21.2. The Morgan fingerprint density at radius 2 is 2.53 bits per heavy atom. The first kappa shape index (κ1) is 12.5. The van der Waals surface area contributed by atoms with Crippen molar-refractivity contribution in [2.75, 3.05) is 6.61 Å². The van der Waals surface area contributed by atoms with Crippen LogP contribution < -0.4 is 5.32 Å². The number of nitrogens with one attached hydrogen (secondary N) is 1. The van der Waals surface area contributed by atoms with Gasteiger partial charge in [0.2, 0.25) is 0 Å². The van der Waals surface area contributed by atoms with Gasteiger partial charge in [-0.2, -0.15) is 0 Å². The molecule has 5 heteroatoms. The second kappa shape index (κ2) is 5.60. The largest absolute Gasteiger partial charge is 0.376 e. The van der Waals surface area contributed by atoms with Crippen LogP contribution in [0, 0.1) is 0 Å². The molecule has 1 N–H and O–H groups in total. The summed E-state index contributed by atoms with van der Waals surface area (Å²) in [4.78, 5) is 16.0. The van der Waals surface area contributed by atoms with E-state index in [1.54, 1.807) is 18.3 Å². The zero-order chi connectivity index (χ0) is 12.3. The van der Waals surface area contributed by atoms with E-state index in [1.807, 2.05) is 6.92 Å². The molecule has 4 nitrogen and oxygen atoms in total. The Balaban J connectivity index is 1.99. The fraction of sp³-hybridized carbons (Fsp3) is 0.500. The van der Waals surface area contributed by atoms with E-state index >= 15 is 0 Å². The first-order valence-corrected chi connectivity index (χ1v) is 6.51. The highest BCUT2D eigenvalue weighted by molar-refractivity contribution is 9.10. The van der Waals surface area contributed by atoms with E-state index in [0.29, 0.717) is 10.2 Å². The molecule has 17 heavy (non-hydrogen) atoms. The van der Waals surface area contributed by atoms with E-state index < -0.39 is 0 Å². The maximum absolute atomic E-state index is 12.0. The average Bonchev–Trinajstić information content (AvgIpc) is 2.82. The summed E-state index contributed by atoms with van der Waals surface area (Å²) in [5, 5.41) is 2.92. The number of halogens is 1. The van der Waals surface area contributed by atoms with Crippen LogP contribution >= 0.6 is 15.9 Å². The van der Waals surface area contributed by atoms with Crippen LogP contribution in [0.5, 0.6) is 0 Å². The van der Waals surface area contributed by atoms with Gasteiger partial charge >= 0.3 is 0 Å². The summed E-state index contributed by atoms with van der Waals surface area (Å²) in [5.41, 5.74) is 0.414. The molecule has 1 aliphatic rings. The molecule has 0 spiro atoms. The Bertz CT molecular complexity index is 405. The van der Waals surface area contributed by atoms with E-state index in [0.717, 1.165) is 19.4 Å². The standard InChI is InChI=1S/C12H15BrN2O2/c1-8(10-5-3-7-17-10)15-12(16)11-9(13)4-2-6-14-11/h2,4,6,8,10H,3,5,7H2,1H3,(H,15,16). The molecule has 0 saturated carbocycles. The Morgan fingerprint density at radius 1 is 1.71 bits per heavy atom. The van der Waals surface area contributed by atoms with E-state index in [4.69, 9.17) is 4.74 Å². The van der Waals surface area contributed by atoms with Crippen molar-refractivity contribution in [1.82, 2.24) is 10.3 Å². The minimum absolute atomic E-state index is 0.0129. The maximum Gasteiger partial charge on any atom is 0.271 e. The van der Waals surface area contributed by atoms with Crippen molar-refractivity contribution in [1.29, 1.82) is 0 Å². The van der Waals surface area contributed by atoms with Gasteiger partial charge in [0, 0.05) is 17.3 Å². The van der Waals surface area contributed by atoms with Crippen molar-refractivity contribution in [3.63, 3.8) is 0 Å². The average molecular weight is 299 g/mol. The summed E-state index contributed by atoms with van der Waals surface area (Å²) in [6.07, 6.45) is 3.81. The van der Waals surface area contributed by atoms with Crippen molar-refractivity contribution in [3.8, 4) is 0 Å². The Hall–Kier alpha value is -0.940.